The summed E-state index contributed by atoms with van der Waals surface area (Å²) >= 11 is 5.93. The Labute approximate surface area is 171 Å². The van der Waals surface area contributed by atoms with Gasteiger partial charge < -0.3 is 10.6 Å². The average molecular weight is 474 g/mol. The summed E-state index contributed by atoms with van der Waals surface area (Å²) < 4.78 is 1.85. The van der Waals surface area contributed by atoms with Gasteiger partial charge in [-0.25, -0.2) is 9.67 Å². The van der Waals surface area contributed by atoms with E-state index >= 15 is 0 Å². The maximum absolute atomic E-state index is 5.93. The van der Waals surface area contributed by atoms with Crippen LogP contribution in [-0.4, -0.2) is 28.3 Å². The lowest BCUT2D eigenvalue weighted by Gasteiger charge is -2.16. The molecule has 0 aliphatic heterocycles. The molecule has 0 atom stereocenters. The molecule has 136 valence electrons. The molecule has 5 nitrogen and oxygen atoms in total. The van der Waals surface area contributed by atoms with E-state index < -0.39 is 0 Å². The van der Waals surface area contributed by atoms with Crippen molar-refractivity contribution in [1.82, 2.24) is 20.4 Å². The first-order valence-corrected chi connectivity index (χ1v) is 8.96. The van der Waals surface area contributed by atoms with Crippen LogP contribution in [0.2, 0.25) is 5.02 Å². The summed E-state index contributed by atoms with van der Waals surface area (Å²) in [6.07, 6.45) is 8.96. The number of hydrogen-bond donors (Lipinski definition) is 2. The molecule has 1 saturated carbocycles. The Morgan fingerprint density at radius 2 is 2.00 bits per heavy atom. The largest absolute Gasteiger partial charge is 0.357 e. The second kappa shape index (κ2) is 10.0. The van der Waals surface area contributed by atoms with Crippen LogP contribution in [0.5, 0.6) is 0 Å². The molecule has 0 radical (unpaired) electrons. The van der Waals surface area contributed by atoms with Gasteiger partial charge in [0.25, 0.3) is 0 Å². The number of guanidine groups is 1. The highest BCUT2D eigenvalue weighted by Crippen LogP contribution is 2.17. The zero-order valence-electron chi connectivity index (χ0n) is 14.4. The smallest absolute Gasteiger partial charge is 0.191 e. The molecule has 2 N–H and O–H groups in total. The highest BCUT2D eigenvalue weighted by Gasteiger charge is 2.15. The highest BCUT2D eigenvalue weighted by atomic mass is 127. The Morgan fingerprint density at radius 1 is 1.28 bits per heavy atom. The molecule has 1 aromatic carbocycles. The SMILES string of the molecule is CCNC(=NCc1cnn(-c2ccc(Cl)cc2)c1)NC1CCCC1.I. The molecule has 0 bridgehead atoms. The molecule has 1 fully saturated rings. The van der Waals surface area contributed by atoms with Crippen LogP contribution in [0.15, 0.2) is 41.7 Å². The molecule has 1 aliphatic rings. The fourth-order valence-corrected chi connectivity index (χ4v) is 3.06. The minimum Gasteiger partial charge on any atom is -0.357 e. The van der Waals surface area contributed by atoms with Crippen LogP contribution in [0.1, 0.15) is 38.2 Å². The van der Waals surface area contributed by atoms with Crippen molar-refractivity contribution in [1.29, 1.82) is 0 Å². The van der Waals surface area contributed by atoms with Crippen molar-refractivity contribution in [2.75, 3.05) is 6.54 Å². The van der Waals surface area contributed by atoms with E-state index in [2.05, 4.69) is 27.6 Å². The lowest BCUT2D eigenvalue weighted by molar-refractivity contribution is 0.614. The van der Waals surface area contributed by atoms with E-state index in [0.717, 1.165) is 28.8 Å². The van der Waals surface area contributed by atoms with E-state index in [0.29, 0.717) is 12.6 Å². The van der Waals surface area contributed by atoms with Gasteiger partial charge in [0.2, 0.25) is 0 Å². The number of aromatic nitrogens is 2. The minimum absolute atomic E-state index is 0. The lowest BCUT2D eigenvalue weighted by atomic mass is 10.2. The number of hydrogen-bond acceptors (Lipinski definition) is 2. The number of nitrogens with zero attached hydrogens (tertiary/aromatic N) is 3. The van der Waals surface area contributed by atoms with E-state index in [-0.39, 0.29) is 24.0 Å². The number of halogens is 2. The molecule has 2 aromatic rings. The van der Waals surface area contributed by atoms with E-state index in [1.165, 1.54) is 25.7 Å². The third-order valence-corrected chi connectivity index (χ3v) is 4.44. The van der Waals surface area contributed by atoms with Crippen LogP contribution in [0.25, 0.3) is 5.69 Å². The van der Waals surface area contributed by atoms with Crippen molar-refractivity contribution < 1.29 is 0 Å². The summed E-state index contributed by atoms with van der Waals surface area (Å²) in [5.74, 6) is 0.892. The topological polar surface area (TPSA) is 54.2 Å². The Bertz CT molecular complexity index is 677. The van der Waals surface area contributed by atoms with Gasteiger partial charge in [-0.2, -0.15) is 5.10 Å². The fourth-order valence-electron chi connectivity index (χ4n) is 2.93. The highest BCUT2D eigenvalue weighted by molar-refractivity contribution is 14.0. The van der Waals surface area contributed by atoms with Crippen LogP contribution in [-0.2, 0) is 6.54 Å². The van der Waals surface area contributed by atoms with Gasteiger partial charge in [-0.15, -0.1) is 24.0 Å². The summed E-state index contributed by atoms with van der Waals surface area (Å²) in [5.41, 5.74) is 2.07. The van der Waals surface area contributed by atoms with Gasteiger partial charge >= 0.3 is 0 Å². The lowest BCUT2D eigenvalue weighted by Crippen LogP contribution is -2.42. The maximum atomic E-state index is 5.93. The van der Waals surface area contributed by atoms with E-state index in [9.17, 15) is 0 Å². The number of benzene rings is 1. The van der Waals surface area contributed by atoms with E-state index in [1.54, 1.807) is 0 Å². The van der Waals surface area contributed by atoms with Gasteiger partial charge in [0.1, 0.15) is 0 Å². The second-order valence-corrected chi connectivity index (χ2v) is 6.53. The van der Waals surface area contributed by atoms with Crippen molar-refractivity contribution in [3.05, 3.63) is 47.2 Å². The molecule has 1 aliphatic carbocycles. The molecule has 0 amide bonds. The predicted molar refractivity (Wildman–Crippen MR) is 114 cm³/mol. The zero-order chi connectivity index (χ0) is 16.8. The summed E-state index contributed by atoms with van der Waals surface area (Å²) in [7, 11) is 0. The summed E-state index contributed by atoms with van der Waals surface area (Å²) in [4.78, 5) is 4.69. The van der Waals surface area contributed by atoms with Crippen LogP contribution < -0.4 is 10.6 Å². The Balaban J connectivity index is 0.00000225. The monoisotopic (exact) mass is 473 g/mol. The zero-order valence-corrected chi connectivity index (χ0v) is 17.5. The Hall–Kier alpha value is -1.28. The molecule has 0 unspecified atom stereocenters. The van der Waals surface area contributed by atoms with Crippen LogP contribution in [0, 0.1) is 0 Å². The maximum Gasteiger partial charge on any atom is 0.191 e. The van der Waals surface area contributed by atoms with E-state index in [1.807, 2.05) is 41.3 Å². The predicted octanol–water partition coefficient (Wildman–Crippen LogP) is 4.14. The molecule has 1 heterocycles. The summed E-state index contributed by atoms with van der Waals surface area (Å²) in [6.45, 7) is 3.56. The minimum atomic E-state index is 0. The van der Waals surface area contributed by atoms with E-state index in [4.69, 9.17) is 11.6 Å². The molecular formula is C18H25ClIN5. The van der Waals surface area contributed by atoms with Gasteiger partial charge in [0, 0.05) is 29.4 Å². The summed E-state index contributed by atoms with van der Waals surface area (Å²) in [6, 6.07) is 8.19. The van der Waals surface area contributed by atoms with Crippen LogP contribution >= 0.6 is 35.6 Å². The molecule has 1 aromatic heterocycles. The van der Waals surface area contributed by atoms with Crippen LogP contribution in [0.4, 0.5) is 0 Å². The normalized spacial score (nSPS) is 15.0. The number of rotatable bonds is 5. The Morgan fingerprint density at radius 3 is 2.68 bits per heavy atom. The van der Waals surface area contributed by atoms with Gasteiger partial charge in [-0.05, 0) is 44.0 Å². The van der Waals surface area contributed by atoms with Crippen LogP contribution in [0.3, 0.4) is 0 Å². The molecule has 0 saturated heterocycles. The molecule has 7 heteroatoms. The standard InChI is InChI=1S/C18H24ClN5.HI/c1-2-20-18(23-16-5-3-4-6-16)21-11-14-12-22-24(13-14)17-9-7-15(19)8-10-17;/h7-10,12-13,16H,2-6,11H2,1H3,(H2,20,21,23);1H. The quantitative estimate of drug-likeness (QED) is 0.390. The van der Waals surface area contributed by atoms with Gasteiger partial charge in [-0.3, -0.25) is 0 Å². The molecule has 3 rings (SSSR count). The number of aliphatic imine (C=N–C) groups is 1. The average Bonchev–Trinajstić information content (AvgIpc) is 3.25. The first kappa shape index (κ1) is 20.0. The van der Waals surface area contributed by atoms with Gasteiger partial charge in [0.05, 0.1) is 18.4 Å². The fraction of sp³-hybridized carbons (Fsp3) is 0.444. The first-order chi connectivity index (χ1) is 11.7. The molecule has 0 spiro atoms. The molecular weight excluding hydrogens is 449 g/mol. The van der Waals surface area contributed by atoms with Crippen molar-refractivity contribution in [2.45, 2.75) is 45.2 Å². The van der Waals surface area contributed by atoms with Gasteiger partial charge in [0.15, 0.2) is 5.96 Å². The third-order valence-electron chi connectivity index (χ3n) is 4.19. The second-order valence-electron chi connectivity index (χ2n) is 6.09. The van der Waals surface area contributed by atoms with Crippen molar-refractivity contribution in [3.8, 4) is 5.69 Å². The number of nitrogens with one attached hydrogen (secondary N) is 2. The van der Waals surface area contributed by atoms with Gasteiger partial charge in [-0.1, -0.05) is 24.4 Å². The molecule has 25 heavy (non-hydrogen) atoms. The van der Waals surface area contributed by atoms with Crippen molar-refractivity contribution in [3.63, 3.8) is 0 Å². The first-order valence-electron chi connectivity index (χ1n) is 8.59. The summed E-state index contributed by atoms with van der Waals surface area (Å²) in [5, 5.41) is 12.0. The van der Waals surface area contributed by atoms with Crippen molar-refractivity contribution >= 4 is 41.5 Å². The Kier molecular flexibility index (Phi) is 8.02. The third kappa shape index (κ3) is 5.88. The van der Waals surface area contributed by atoms with Crippen molar-refractivity contribution in [2.24, 2.45) is 4.99 Å².